The van der Waals surface area contributed by atoms with Crippen molar-refractivity contribution >= 4 is 0 Å². The molecule has 186 valence electrons. The fourth-order valence-electron chi connectivity index (χ4n) is 4.54. The van der Waals surface area contributed by atoms with Crippen LogP contribution in [0.3, 0.4) is 0 Å². The van der Waals surface area contributed by atoms with E-state index in [4.69, 9.17) is 18.9 Å². The largest absolute Gasteiger partial charge is 0.508 e. The van der Waals surface area contributed by atoms with E-state index in [-0.39, 0.29) is 52.2 Å². The van der Waals surface area contributed by atoms with Gasteiger partial charge in [-0.15, -0.1) is 0 Å². The molecule has 0 aromatic heterocycles. The van der Waals surface area contributed by atoms with Crippen molar-refractivity contribution in [3.63, 3.8) is 0 Å². The first kappa shape index (κ1) is 23.4. The molecule has 0 saturated heterocycles. The van der Waals surface area contributed by atoms with Crippen LogP contribution in [0.2, 0.25) is 0 Å². The van der Waals surface area contributed by atoms with Crippen LogP contribution in [0, 0.1) is 11.3 Å². The fourth-order valence-corrected chi connectivity index (χ4v) is 4.54. The zero-order chi connectivity index (χ0) is 25.6. The monoisotopic (exact) mass is 493 g/mol. The number of rotatable bonds is 4. The van der Waals surface area contributed by atoms with E-state index in [0.29, 0.717) is 16.7 Å². The van der Waals surface area contributed by atoms with Crippen LogP contribution in [0.15, 0.2) is 42.5 Å². The van der Waals surface area contributed by atoms with Crippen LogP contribution >= 0.6 is 0 Å². The number of aromatic hydroxyl groups is 3. The van der Waals surface area contributed by atoms with Crippen LogP contribution in [-0.2, 0) is 6.42 Å². The predicted octanol–water partition coefficient (Wildman–Crippen LogP) is 2.59. The maximum atomic E-state index is 10.8. The number of ether oxygens (including phenoxy) is 4. The van der Waals surface area contributed by atoms with Crippen molar-refractivity contribution in [1.29, 1.82) is 5.26 Å². The van der Waals surface area contributed by atoms with E-state index in [0.717, 1.165) is 0 Å². The topological polar surface area (TPSA) is 162 Å². The summed E-state index contributed by atoms with van der Waals surface area (Å²) in [5, 5.41) is 60.5. The molecule has 4 atom stereocenters. The summed E-state index contributed by atoms with van der Waals surface area (Å²) in [7, 11) is 1.41. The zero-order valence-electron chi connectivity index (χ0n) is 19.1. The Hall–Kier alpha value is -4.33. The molecule has 5 rings (SSSR count). The van der Waals surface area contributed by atoms with Crippen molar-refractivity contribution < 1.29 is 44.5 Å². The Kier molecular flexibility index (Phi) is 5.88. The van der Waals surface area contributed by atoms with Gasteiger partial charge in [0.25, 0.3) is 0 Å². The Morgan fingerprint density at radius 1 is 0.944 bits per heavy atom. The number of hydrogen-bond donors (Lipinski definition) is 5. The maximum Gasteiger partial charge on any atom is 0.179 e. The van der Waals surface area contributed by atoms with Crippen LogP contribution in [0.5, 0.6) is 40.2 Å². The van der Waals surface area contributed by atoms with Gasteiger partial charge in [-0.25, -0.2) is 0 Å². The van der Waals surface area contributed by atoms with Gasteiger partial charge < -0.3 is 44.5 Å². The van der Waals surface area contributed by atoms with Crippen molar-refractivity contribution in [2.45, 2.75) is 30.8 Å². The molecule has 0 aliphatic carbocycles. The third-order valence-corrected chi connectivity index (χ3v) is 6.29. The van der Waals surface area contributed by atoms with E-state index in [1.165, 1.54) is 31.4 Å². The van der Waals surface area contributed by atoms with E-state index in [1.807, 2.05) is 0 Å². The molecular formula is C26H23NO9. The van der Waals surface area contributed by atoms with Crippen LogP contribution in [-0.4, -0.2) is 51.5 Å². The summed E-state index contributed by atoms with van der Waals surface area (Å²) < 4.78 is 23.2. The number of methoxy groups -OCH3 is 1. The number of nitriles is 1. The number of benzene rings is 3. The van der Waals surface area contributed by atoms with Crippen molar-refractivity contribution in [2.75, 3.05) is 13.7 Å². The van der Waals surface area contributed by atoms with E-state index in [2.05, 4.69) is 6.07 Å². The highest BCUT2D eigenvalue weighted by Crippen LogP contribution is 2.47. The molecule has 10 nitrogen and oxygen atoms in total. The molecule has 4 unspecified atom stereocenters. The first-order valence-electron chi connectivity index (χ1n) is 11.1. The number of phenolic OH excluding ortho intramolecular Hbond substituents is 3. The summed E-state index contributed by atoms with van der Waals surface area (Å²) in [4.78, 5) is 0. The molecule has 0 bridgehead atoms. The third kappa shape index (κ3) is 3.94. The molecule has 0 spiro atoms. The Labute approximate surface area is 205 Å². The molecular weight excluding hydrogens is 470 g/mol. The van der Waals surface area contributed by atoms with Crippen LogP contribution in [0.1, 0.15) is 34.5 Å². The average Bonchev–Trinajstić information content (AvgIpc) is 2.87. The Morgan fingerprint density at radius 3 is 2.44 bits per heavy atom. The molecule has 36 heavy (non-hydrogen) atoms. The maximum absolute atomic E-state index is 10.8. The Bertz CT molecular complexity index is 1370. The summed E-state index contributed by atoms with van der Waals surface area (Å²) in [5.74, 6) is 0.329. The minimum atomic E-state index is -1.07. The molecule has 3 aromatic carbocycles. The molecule has 0 amide bonds. The third-order valence-electron chi connectivity index (χ3n) is 6.29. The fraction of sp³-hybridized carbons (Fsp3) is 0.269. The Balaban J connectivity index is 1.54. The molecule has 0 saturated carbocycles. The van der Waals surface area contributed by atoms with Gasteiger partial charge >= 0.3 is 0 Å². The molecule has 0 fully saturated rings. The highest BCUT2D eigenvalue weighted by molar-refractivity contribution is 5.58. The van der Waals surface area contributed by atoms with Gasteiger partial charge in [-0.3, -0.25) is 0 Å². The summed E-state index contributed by atoms with van der Waals surface area (Å²) in [6.07, 6.45) is -3.58. The van der Waals surface area contributed by atoms with Crippen LogP contribution in [0.4, 0.5) is 0 Å². The van der Waals surface area contributed by atoms with Gasteiger partial charge in [0.15, 0.2) is 41.3 Å². The van der Waals surface area contributed by atoms with E-state index < -0.39 is 31.0 Å². The first-order chi connectivity index (χ1) is 17.3. The SMILES string of the molecule is COc1cc(C2Oc3cc(C4Oc5cc(O)cc(O)c5CC4O)cc(C#N)c3OC2CO)ccc1O. The quantitative estimate of drug-likeness (QED) is 0.365. The molecule has 2 aliphatic heterocycles. The standard InChI is InChI=1S/C26H23NO9/c1-33-21-5-12(2-3-17(21)30)25-23(11-28)36-26-14(10-27)4-13(6-22(26)35-25)24-19(32)9-16-18(31)7-15(29)8-20(16)34-24/h2-8,19,23-25,28-32H,9,11H2,1H3. The second-order valence-electron chi connectivity index (χ2n) is 8.57. The molecule has 2 aliphatic rings. The van der Waals surface area contributed by atoms with Crippen molar-refractivity contribution in [3.05, 3.63) is 64.7 Å². The minimum absolute atomic E-state index is 0.0605. The van der Waals surface area contributed by atoms with Gasteiger partial charge in [-0.05, 0) is 24.3 Å². The second kappa shape index (κ2) is 9.03. The van der Waals surface area contributed by atoms with Crippen LogP contribution in [0.25, 0.3) is 0 Å². The van der Waals surface area contributed by atoms with Crippen molar-refractivity contribution in [2.24, 2.45) is 0 Å². The van der Waals surface area contributed by atoms with E-state index >= 15 is 0 Å². The van der Waals surface area contributed by atoms with E-state index in [1.54, 1.807) is 18.2 Å². The smallest absolute Gasteiger partial charge is 0.179 e. The minimum Gasteiger partial charge on any atom is -0.508 e. The molecule has 10 heteroatoms. The lowest BCUT2D eigenvalue weighted by Crippen LogP contribution is -2.36. The Morgan fingerprint density at radius 2 is 1.72 bits per heavy atom. The number of aliphatic hydroxyl groups excluding tert-OH is 2. The number of aliphatic hydroxyl groups is 2. The molecule has 2 heterocycles. The van der Waals surface area contributed by atoms with Crippen molar-refractivity contribution in [3.8, 4) is 46.3 Å². The predicted molar refractivity (Wildman–Crippen MR) is 124 cm³/mol. The van der Waals surface area contributed by atoms with Crippen LogP contribution < -0.4 is 18.9 Å². The summed E-state index contributed by atoms with van der Waals surface area (Å²) >= 11 is 0. The van der Waals surface area contributed by atoms with Crippen molar-refractivity contribution in [1.82, 2.24) is 0 Å². The lowest BCUT2D eigenvalue weighted by molar-refractivity contribution is -0.0135. The van der Waals surface area contributed by atoms with Gasteiger partial charge in [0.1, 0.15) is 23.3 Å². The average molecular weight is 493 g/mol. The first-order valence-corrected chi connectivity index (χ1v) is 11.1. The number of fused-ring (bicyclic) bond motifs is 2. The highest BCUT2D eigenvalue weighted by atomic mass is 16.6. The number of nitrogens with zero attached hydrogens (tertiary/aromatic N) is 1. The lowest BCUT2D eigenvalue weighted by Gasteiger charge is -2.35. The summed E-state index contributed by atoms with van der Waals surface area (Å²) in [5.41, 5.74) is 1.45. The summed E-state index contributed by atoms with van der Waals surface area (Å²) in [6.45, 7) is -0.409. The van der Waals surface area contributed by atoms with Gasteiger partial charge in [0.05, 0.1) is 25.4 Å². The molecule has 0 radical (unpaired) electrons. The van der Waals surface area contributed by atoms with Gasteiger partial charge in [-0.1, -0.05) is 6.07 Å². The zero-order valence-corrected chi connectivity index (χ0v) is 19.1. The second-order valence-corrected chi connectivity index (χ2v) is 8.57. The van der Waals surface area contributed by atoms with Gasteiger partial charge in [0.2, 0.25) is 0 Å². The van der Waals surface area contributed by atoms with E-state index in [9.17, 15) is 30.8 Å². The lowest BCUT2D eigenvalue weighted by atomic mass is 9.92. The van der Waals surface area contributed by atoms with Gasteiger partial charge in [0, 0.05) is 35.2 Å². The highest BCUT2D eigenvalue weighted by Gasteiger charge is 2.38. The summed E-state index contributed by atoms with van der Waals surface area (Å²) in [6, 6.07) is 12.3. The normalized spacial score (nSPS) is 22.2. The number of hydrogen-bond acceptors (Lipinski definition) is 10. The molecule has 5 N–H and O–H groups in total. The molecule has 3 aromatic rings. The van der Waals surface area contributed by atoms with Gasteiger partial charge in [-0.2, -0.15) is 5.26 Å². The number of phenols is 3.